The number of nitriles is 1. The van der Waals surface area contributed by atoms with E-state index in [9.17, 15) is 5.26 Å². The summed E-state index contributed by atoms with van der Waals surface area (Å²) < 4.78 is 5.98. The fraction of sp³-hybridized carbons (Fsp3) is 0.0385. The van der Waals surface area contributed by atoms with Crippen molar-refractivity contribution in [3.8, 4) is 11.8 Å². The Morgan fingerprint density at radius 2 is 1.53 bits per heavy atom. The highest BCUT2D eigenvalue weighted by atomic mass is 35.5. The predicted molar refractivity (Wildman–Crippen MR) is 125 cm³/mol. The fourth-order valence-corrected chi connectivity index (χ4v) is 3.95. The normalized spacial score (nSPS) is 11.3. The lowest BCUT2D eigenvalue weighted by Gasteiger charge is -2.13. The molecule has 4 heteroatoms. The largest absolute Gasteiger partial charge is 0.486 e. The zero-order valence-corrected chi connectivity index (χ0v) is 17.5. The van der Waals surface area contributed by atoms with Crippen LogP contribution in [0.15, 0.2) is 84.9 Å². The molecule has 4 aromatic rings. The first-order chi connectivity index (χ1) is 14.7. The molecule has 0 bridgehead atoms. The van der Waals surface area contributed by atoms with Gasteiger partial charge in [0.1, 0.15) is 6.61 Å². The first-order valence-electron chi connectivity index (χ1n) is 9.41. The maximum Gasteiger partial charge on any atom is 0.157 e. The molecule has 0 aliphatic rings. The van der Waals surface area contributed by atoms with Crippen LogP contribution in [0, 0.1) is 11.3 Å². The van der Waals surface area contributed by atoms with Crippen molar-refractivity contribution < 1.29 is 4.74 Å². The van der Waals surface area contributed by atoms with E-state index >= 15 is 0 Å². The Labute approximate surface area is 185 Å². The smallest absolute Gasteiger partial charge is 0.157 e. The van der Waals surface area contributed by atoms with E-state index in [0.29, 0.717) is 28.0 Å². The second-order valence-corrected chi connectivity index (χ2v) is 7.59. The van der Waals surface area contributed by atoms with Crippen molar-refractivity contribution in [2.45, 2.75) is 6.61 Å². The number of allylic oxidation sites excluding steroid dienone is 1. The van der Waals surface area contributed by atoms with Crippen LogP contribution < -0.4 is 4.74 Å². The van der Waals surface area contributed by atoms with Crippen LogP contribution in [0.25, 0.3) is 22.4 Å². The minimum atomic E-state index is 0.351. The molecular weight excluding hydrogens is 413 g/mol. The van der Waals surface area contributed by atoms with Gasteiger partial charge in [-0.2, -0.15) is 5.26 Å². The number of benzene rings is 4. The lowest BCUT2D eigenvalue weighted by atomic mass is 10.0. The second kappa shape index (κ2) is 9.05. The molecular formula is C26H17Cl2NO. The SMILES string of the molecule is N#CC(=Cc1cc(Cl)c(OCc2cccc3ccccc23)c(Cl)c1)c1ccccc1. The highest BCUT2D eigenvalue weighted by molar-refractivity contribution is 6.37. The van der Waals surface area contributed by atoms with E-state index in [1.165, 1.54) is 0 Å². The van der Waals surface area contributed by atoms with Crippen LogP contribution in [-0.4, -0.2) is 0 Å². The minimum absolute atomic E-state index is 0.351. The monoisotopic (exact) mass is 429 g/mol. The molecule has 0 saturated heterocycles. The van der Waals surface area contributed by atoms with Gasteiger partial charge in [-0.1, -0.05) is 96.0 Å². The Hall–Kier alpha value is -3.25. The third-order valence-electron chi connectivity index (χ3n) is 4.79. The van der Waals surface area contributed by atoms with Gasteiger partial charge in [0.15, 0.2) is 5.75 Å². The Balaban J connectivity index is 1.60. The first-order valence-corrected chi connectivity index (χ1v) is 10.2. The van der Waals surface area contributed by atoms with E-state index in [1.54, 1.807) is 18.2 Å². The van der Waals surface area contributed by atoms with E-state index in [0.717, 1.165) is 27.5 Å². The van der Waals surface area contributed by atoms with E-state index in [-0.39, 0.29) is 0 Å². The average Bonchev–Trinajstić information content (AvgIpc) is 2.77. The summed E-state index contributed by atoms with van der Waals surface area (Å²) in [6.07, 6.45) is 1.77. The van der Waals surface area contributed by atoms with Crippen molar-refractivity contribution in [2.24, 2.45) is 0 Å². The Morgan fingerprint density at radius 1 is 0.867 bits per heavy atom. The van der Waals surface area contributed by atoms with Crippen LogP contribution in [0.4, 0.5) is 0 Å². The lowest BCUT2D eigenvalue weighted by molar-refractivity contribution is 0.308. The number of fused-ring (bicyclic) bond motifs is 1. The predicted octanol–water partition coefficient (Wildman–Crippen LogP) is 7.79. The number of ether oxygens (including phenoxy) is 1. The molecule has 0 heterocycles. The van der Waals surface area contributed by atoms with Gasteiger partial charge in [-0.15, -0.1) is 0 Å². The molecule has 0 spiro atoms. The van der Waals surface area contributed by atoms with E-state index in [1.807, 2.05) is 54.6 Å². The molecule has 4 rings (SSSR count). The standard InChI is InChI=1S/C26H17Cl2NO/c27-24-14-18(13-22(16-29)19-7-2-1-3-8-19)15-25(28)26(24)30-17-21-11-6-10-20-9-4-5-12-23(20)21/h1-15H,17H2. The molecule has 0 radical (unpaired) electrons. The molecule has 146 valence electrons. The maximum absolute atomic E-state index is 9.52. The van der Waals surface area contributed by atoms with Gasteiger partial charge in [0.05, 0.1) is 21.7 Å². The molecule has 4 aromatic carbocycles. The molecule has 0 atom stereocenters. The number of hydrogen-bond acceptors (Lipinski definition) is 2. The number of rotatable bonds is 5. The van der Waals surface area contributed by atoms with Crippen LogP contribution in [-0.2, 0) is 6.61 Å². The number of hydrogen-bond donors (Lipinski definition) is 0. The van der Waals surface area contributed by atoms with Crippen molar-refractivity contribution in [1.29, 1.82) is 5.26 Å². The molecule has 0 aliphatic heterocycles. The molecule has 30 heavy (non-hydrogen) atoms. The molecule has 0 fully saturated rings. The van der Waals surface area contributed by atoms with Crippen LogP contribution in [0.5, 0.6) is 5.75 Å². The highest BCUT2D eigenvalue weighted by Crippen LogP contribution is 2.36. The van der Waals surface area contributed by atoms with Crippen molar-refractivity contribution in [3.05, 3.63) is 112 Å². The molecule has 0 N–H and O–H groups in total. The van der Waals surface area contributed by atoms with Gasteiger partial charge in [-0.3, -0.25) is 0 Å². The van der Waals surface area contributed by atoms with Gasteiger partial charge in [0.2, 0.25) is 0 Å². The van der Waals surface area contributed by atoms with Crippen molar-refractivity contribution in [2.75, 3.05) is 0 Å². The average molecular weight is 430 g/mol. The topological polar surface area (TPSA) is 33.0 Å². The van der Waals surface area contributed by atoms with Gasteiger partial charge in [0, 0.05) is 0 Å². The maximum atomic E-state index is 9.52. The van der Waals surface area contributed by atoms with Gasteiger partial charge in [0.25, 0.3) is 0 Å². The minimum Gasteiger partial charge on any atom is -0.486 e. The van der Waals surface area contributed by atoms with Crippen molar-refractivity contribution in [1.82, 2.24) is 0 Å². The summed E-state index contributed by atoms with van der Waals surface area (Å²) in [6.45, 7) is 0.351. The van der Waals surface area contributed by atoms with Gasteiger partial charge >= 0.3 is 0 Å². The van der Waals surface area contributed by atoms with E-state index < -0.39 is 0 Å². The highest BCUT2D eigenvalue weighted by Gasteiger charge is 2.11. The second-order valence-electron chi connectivity index (χ2n) is 6.78. The quantitative estimate of drug-likeness (QED) is 0.239. The van der Waals surface area contributed by atoms with Gasteiger partial charge in [-0.05, 0) is 45.7 Å². The van der Waals surface area contributed by atoms with Crippen molar-refractivity contribution in [3.63, 3.8) is 0 Å². The zero-order chi connectivity index (χ0) is 20.9. The summed E-state index contributed by atoms with van der Waals surface area (Å²) in [5.74, 6) is 0.432. The third kappa shape index (κ3) is 4.33. The van der Waals surface area contributed by atoms with Crippen LogP contribution in [0.2, 0.25) is 10.0 Å². The summed E-state index contributed by atoms with van der Waals surface area (Å²) in [5, 5.41) is 12.6. The van der Waals surface area contributed by atoms with Crippen LogP contribution in [0.1, 0.15) is 16.7 Å². The summed E-state index contributed by atoms with van der Waals surface area (Å²) in [6, 6.07) is 29.5. The Kier molecular flexibility index (Phi) is 6.05. The van der Waals surface area contributed by atoms with Gasteiger partial charge < -0.3 is 4.74 Å². The summed E-state index contributed by atoms with van der Waals surface area (Å²) in [5.41, 5.74) is 3.17. The fourth-order valence-electron chi connectivity index (χ4n) is 3.33. The summed E-state index contributed by atoms with van der Waals surface area (Å²) in [7, 11) is 0. The van der Waals surface area contributed by atoms with Crippen LogP contribution >= 0.6 is 23.2 Å². The molecule has 0 aromatic heterocycles. The van der Waals surface area contributed by atoms with Crippen molar-refractivity contribution >= 4 is 45.6 Å². The molecule has 2 nitrogen and oxygen atoms in total. The molecule has 0 amide bonds. The zero-order valence-electron chi connectivity index (χ0n) is 16.0. The van der Waals surface area contributed by atoms with Gasteiger partial charge in [-0.25, -0.2) is 0 Å². The lowest BCUT2D eigenvalue weighted by Crippen LogP contribution is -1.98. The van der Waals surface area contributed by atoms with E-state index in [4.69, 9.17) is 27.9 Å². The number of nitrogens with zero attached hydrogens (tertiary/aromatic N) is 1. The Morgan fingerprint density at radius 3 is 2.27 bits per heavy atom. The molecule has 0 unspecified atom stereocenters. The summed E-state index contributed by atoms with van der Waals surface area (Å²) in [4.78, 5) is 0. The Bertz CT molecular complexity index is 1240. The van der Waals surface area contributed by atoms with Crippen LogP contribution in [0.3, 0.4) is 0 Å². The molecule has 0 saturated carbocycles. The third-order valence-corrected chi connectivity index (χ3v) is 5.35. The number of halogens is 2. The van der Waals surface area contributed by atoms with E-state index in [2.05, 4.69) is 24.3 Å². The summed E-state index contributed by atoms with van der Waals surface area (Å²) >= 11 is 12.9. The molecule has 0 aliphatic carbocycles. The first kappa shape index (κ1) is 20.0.